The molecule has 4 aromatic rings. The molecule has 0 spiro atoms. The number of nitrogens with one attached hydrogen (secondary N) is 1. The summed E-state index contributed by atoms with van der Waals surface area (Å²) in [4.78, 5) is 22.0. The van der Waals surface area contributed by atoms with Gasteiger partial charge in [0.05, 0.1) is 11.7 Å². The van der Waals surface area contributed by atoms with Crippen molar-refractivity contribution in [2.45, 2.75) is 26.8 Å². The Balaban J connectivity index is 1.68. The van der Waals surface area contributed by atoms with Gasteiger partial charge >= 0.3 is 0 Å². The summed E-state index contributed by atoms with van der Waals surface area (Å²) in [5.41, 5.74) is 2.86. The van der Waals surface area contributed by atoms with Crippen LogP contribution in [0.1, 0.15) is 25.7 Å². The molecule has 0 aliphatic carbocycles. The topological polar surface area (TPSA) is 81.4 Å². The van der Waals surface area contributed by atoms with E-state index in [0.717, 1.165) is 28.2 Å². The summed E-state index contributed by atoms with van der Waals surface area (Å²) in [6, 6.07) is 7.92. The smallest absolute Gasteiger partial charge is 0.161 e. The Morgan fingerprint density at radius 1 is 0.962 bits per heavy atom. The van der Waals surface area contributed by atoms with E-state index < -0.39 is 0 Å². The lowest BCUT2D eigenvalue weighted by atomic mass is 10.2. The summed E-state index contributed by atoms with van der Waals surface area (Å²) in [5, 5.41) is 3.26. The second kappa shape index (κ2) is 6.51. The van der Waals surface area contributed by atoms with Gasteiger partial charge in [-0.15, -0.1) is 0 Å². The minimum atomic E-state index is 0.326. The monoisotopic (exact) mass is 345 g/mol. The first-order chi connectivity index (χ1) is 12.6. The van der Waals surface area contributed by atoms with Gasteiger partial charge in [0.1, 0.15) is 23.0 Å². The molecule has 0 bridgehead atoms. The highest BCUT2D eigenvalue weighted by molar-refractivity contribution is 5.79. The number of pyridine rings is 2. The molecule has 4 rings (SSSR count). The Morgan fingerprint density at radius 2 is 1.77 bits per heavy atom. The van der Waals surface area contributed by atoms with Crippen molar-refractivity contribution in [3.63, 3.8) is 0 Å². The number of rotatable bonds is 4. The maximum Gasteiger partial charge on any atom is 0.161 e. The van der Waals surface area contributed by atoms with Gasteiger partial charge in [-0.3, -0.25) is 4.98 Å². The molecule has 26 heavy (non-hydrogen) atoms. The third-order valence-electron chi connectivity index (χ3n) is 4.12. The van der Waals surface area contributed by atoms with Crippen LogP contribution < -0.4 is 5.32 Å². The van der Waals surface area contributed by atoms with Gasteiger partial charge in [0.2, 0.25) is 0 Å². The van der Waals surface area contributed by atoms with E-state index in [0.29, 0.717) is 17.7 Å². The van der Waals surface area contributed by atoms with Crippen LogP contribution in [0.2, 0.25) is 0 Å². The van der Waals surface area contributed by atoms with Crippen LogP contribution in [-0.4, -0.2) is 29.5 Å². The fourth-order valence-electron chi connectivity index (χ4n) is 3.04. The van der Waals surface area contributed by atoms with E-state index in [1.807, 2.05) is 31.2 Å². The van der Waals surface area contributed by atoms with Gasteiger partial charge in [-0.05, 0) is 39.0 Å². The Kier molecular flexibility index (Phi) is 4.04. The lowest BCUT2D eigenvalue weighted by Crippen LogP contribution is -2.03. The second-order valence-corrected chi connectivity index (χ2v) is 6.31. The minimum Gasteiger partial charge on any atom is -0.326 e. The summed E-state index contributed by atoms with van der Waals surface area (Å²) < 4.78 is 2.20. The molecule has 4 heterocycles. The van der Waals surface area contributed by atoms with E-state index in [4.69, 9.17) is 0 Å². The SMILES string of the molecule is Cc1nc2cnc(Nc3ccnc(-c4ccncc4)n3)cc2n1C(C)C. The van der Waals surface area contributed by atoms with Crippen molar-refractivity contribution in [3.05, 3.63) is 54.9 Å². The predicted octanol–water partition coefficient (Wildman–Crippen LogP) is 3.92. The molecule has 0 aliphatic rings. The zero-order valence-corrected chi connectivity index (χ0v) is 14.9. The van der Waals surface area contributed by atoms with Crippen LogP contribution in [0.3, 0.4) is 0 Å². The van der Waals surface area contributed by atoms with Crippen LogP contribution in [0, 0.1) is 6.92 Å². The first-order valence-corrected chi connectivity index (χ1v) is 8.47. The first-order valence-electron chi connectivity index (χ1n) is 8.47. The van der Waals surface area contributed by atoms with Crippen LogP contribution in [-0.2, 0) is 0 Å². The molecule has 0 radical (unpaired) electrons. The standard InChI is InChI=1S/C19H19N7/c1-12(2)26-13(3)23-15-11-22-18(10-16(15)26)24-17-6-9-21-19(25-17)14-4-7-20-8-5-14/h4-12H,1-3H3,(H,21,22,24,25). The average Bonchev–Trinajstić information content (AvgIpc) is 2.98. The molecular formula is C19H19N7. The lowest BCUT2D eigenvalue weighted by Gasteiger charge is -2.11. The molecule has 7 heteroatoms. The molecule has 0 atom stereocenters. The maximum atomic E-state index is 4.58. The normalized spacial score (nSPS) is 11.2. The van der Waals surface area contributed by atoms with Crippen molar-refractivity contribution >= 4 is 22.7 Å². The second-order valence-electron chi connectivity index (χ2n) is 6.31. The van der Waals surface area contributed by atoms with Crippen LogP contribution in [0.15, 0.2) is 49.1 Å². The number of anilines is 2. The highest BCUT2D eigenvalue weighted by Gasteiger charge is 2.12. The Hall–Kier alpha value is -3.35. The van der Waals surface area contributed by atoms with Gasteiger partial charge in [-0.2, -0.15) is 0 Å². The quantitative estimate of drug-likeness (QED) is 0.604. The van der Waals surface area contributed by atoms with Gasteiger partial charge in [0.15, 0.2) is 5.82 Å². The number of hydrogen-bond acceptors (Lipinski definition) is 6. The number of hydrogen-bond donors (Lipinski definition) is 1. The molecule has 0 unspecified atom stereocenters. The molecule has 1 N–H and O–H groups in total. The lowest BCUT2D eigenvalue weighted by molar-refractivity contribution is 0.600. The summed E-state index contributed by atoms with van der Waals surface area (Å²) in [6.07, 6.45) is 6.97. The van der Waals surface area contributed by atoms with E-state index in [1.54, 1.807) is 24.8 Å². The largest absolute Gasteiger partial charge is 0.326 e. The van der Waals surface area contributed by atoms with E-state index in [-0.39, 0.29) is 0 Å². The van der Waals surface area contributed by atoms with Crippen molar-refractivity contribution in [2.75, 3.05) is 5.32 Å². The molecule has 0 aromatic carbocycles. The van der Waals surface area contributed by atoms with Crippen molar-refractivity contribution < 1.29 is 0 Å². The van der Waals surface area contributed by atoms with Crippen LogP contribution >= 0.6 is 0 Å². The maximum absolute atomic E-state index is 4.58. The van der Waals surface area contributed by atoms with Crippen molar-refractivity contribution in [2.24, 2.45) is 0 Å². The molecule has 0 aliphatic heterocycles. The van der Waals surface area contributed by atoms with Crippen LogP contribution in [0.25, 0.3) is 22.4 Å². The number of aromatic nitrogens is 6. The third-order valence-corrected chi connectivity index (χ3v) is 4.12. The van der Waals surface area contributed by atoms with E-state index >= 15 is 0 Å². The zero-order chi connectivity index (χ0) is 18.1. The summed E-state index contributed by atoms with van der Waals surface area (Å²) in [7, 11) is 0. The summed E-state index contributed by atoms with van der Waals surface area (Å²) in [5.74, 6) is 3.03. The summed E-state index contributed by atoms with van der Waals surface area (Å²) >= 11 is 0. The molecule has 4 aromatic heterocycles. The predicted molar refractivity (Wildman–Crippen MR) is 101 cm³/mol. The van der Waals surface area contributed by atoms with Gasteiger partial charge in [0.25, 0.3) is 0 Å². The molecule has 0 saturated carbocycles. The number of fused-ring (bicyclic) bond motifs is 1. The van der Waals surface area contributed by atoms with Gasteiger partial charge in [-0.1, -0.05) is 0 Å². The number of imidazole rings is 1. The zero-order valence-electron chi connectivity index (χ0n) is 14.9. The van der Waals surface area contributed by atoms with Crippen molar-refractivity contribution in [3.8, 4) is 11.4 Å². The van der Waals surface area contributed by atoms with E-state index in [1.165, 1.54) is 0 Å². The Bertz CT molecular complexity index is 1050. The third kappa shape index (κ3) is 2.99. The Morgan fingerprint density at radius 3 is 2.54 bits per heavy atom. The number of aryl methyl sites for hydroxylation is 1. The van der Waals surface area contributed by atoms with Crippen LogP contribution in [0.4, 0.5) is 11.6 Å². The molecular weight excluding hydrogens is 326 g/mol. The number of nitrogens with zero attached hydrogens (tertiary/aromatic N) is 6. The Labute approximate surface area is 151 Å². The fourth-order valence-corrected chi connectivity index (χ4v) is 3.04. The molecule has 0 fully saturated rings. The highest BCUT2D eigenvalue weighted by atomic mass is 15.1. The van der Waals surface area contributed by atoms with Crippen LogP contribution in [0.5, 0.6) is 0 Å². The molecule has 7 nitrogen and oxygen atoms in total. The van der Waals surface area contributed by atoms with Crippen molar-refractivity contribution in [1.82, 2.24) is 29.5 Å². The van der Waals surface area contributed by atoms with Crippen molar-refractivity contribution in [1.29, 1.82) is 0 Å². The van der Waals surface area contributed by atoms with E-state index in [9.17, 15) is 0 Å². The first kappa shape index (κ1) is 16.1. The highest BCUT2D eigenvalue weighted by Crippen LogP contribution is 2.24. The minimum absolute atomic E-state index is 0.326. The van der Waals surface area contributed by atoms with Gasteiger partial charge in [0, 0.05) is 36.3 Å². The fraction of sp³-hybridized carbons (Fsp3) is 0.211. The van der Waals surface area contributed by atoms with E-state index in [2.05, 4.69) is 48.7 Å². The molecule has 130 valence electrons. The van der Waals surface area contributed by atoms with Gasteiger partial charge < -0.3 is 9.88 Å². The molecule has 0 saturated heterocycles. The average molecular weight is 345 g/mol. The summed E-state index contributed by atoms with van der Waals surface area (Å²) in [6.45, 7) is 6.30. The van der Waals surface area contributed by atoms with Gasteiger partial charge in [-0.25, -0.2) is 19.9 Å². The molecule has 0 amide bonds.